The summed E-state index contributed by atoms with van der Waals surface area (Å²) >= 11 is 3.52. The smallest absolute Gasteiger partial charge is 0.122 e. The van der Waals surface area contributed by atoms with E-state index in [1.54, 1.807) is 7.11 Å². The van der Waals surface area contributed by atoms with Gasteiger partial charge in [0.1, 0.15) is 5.75 Å². The molecule has 2 N–H and O–H groups in total. The molecule has 0 fully saturated rings. The van der Waals surface area contributed by atoms with Crippen molar-refractivity contribution in [3.05, 3.63) is 52.0 Å². The Morgan fingerprint density at radius 2 is 1.89 bits per heavy atom. The van der Waals surface area contributed by atoms with Crippen molar-refractivity contribution in [1.29, 1.82) is 0 Å². The average molecular weight is 319 g/mol. The molecule has 1 aliphatic rings. The topological polar surface area (TPSA) is 38.5 Å². The van der Waals surface area contributed by atoms with Crippen LogP contribution in [0.2, 0.25) is 0 Å². The summed E-state index contributed by atoms with van der Waals surface area (Å²) in [5, 5.41) is 0. The number of nitrogens with two attached hydrogens (primary N) is 1. The maximum absolute atomic E-state index is 5.84. The van der Waals surface area contributed by atoms with Crippen molar-refractivity contribution >= 4 is 27.3 Å². The number of nitrogens with zero attached hydrogens (tertiary/aromatic N) is 1. The van der Waals surface area contributed by atoms with Gasteiger partial charge in [0.05, 0.1) is 7.11 Å². The summed E-state index contributed by atoms with van der Waals surface area (Å²) in [7, 11) is 1.69. The Balaban J connectivity index is 1.92. The number of nitrogen functional groups attached to an aromatic ring is 1. The number of methoxy groups -OCH3 is 1. The minimum absolute atomic E-state index is 0.826. The van der Waals surface area contributed by atoms with Crippen LogP contribution >= 0.6 is 15.9 Å². The van der Waals surface area contributed by atoms with Crippen molar-refractivity contribution in [3.8, 4) is 5.75 Å². The van der Waals surface area contributed by atoms with Gasteiger partial charge >= 0.3 is 0 Å². The van der Waals surface area contributed by atoms with E-state index in [4.69, 9.17) is 10.5 Å². The highest BCUT2D eigenvalue weighted by atomic mass is 79.9. The first-order valence-electron chi connectivity index (χ1n) is 6.12. The molecule has 1 aliphatic heterocycles. The molecule has 3 rings (SSSR count). The monoisotopic (exact) mass is 318 g/mol. The molecule has 0 spiro atoms. The van der Waals surface area contributed by atoms with Gasteiger partial charge < -0.3 is 15.4 Å². The first-order chi connectivity index (χ1) is 9.15. The zero-order chi connectivity index (χ0) is 13.4. The average Bonchev–Trinajstić information content (AvgIpc) is 2.80. The van der Waals surface area contributed by atoms with E-state index < -0.39 is 0 Å². The molecular weight excluding hydrogens is 304 g/mol. The summed E-state index contributed by atoms with van der Waals surface area (Å²) < 4.78 is 6.34. The molecule has 2 aromatic carbocycles. The van der Waals surface area contributed by atoms with E-state index in [-0.39, 0.29) is 0 Å². The maximum atomic E-state index is 5.84. The summed E-state index contributed by atoms with van der Waals surface area (Å²) in [6, 6.07) is 12.3. The van der Waals surface area contributed by atoms with Crippen LogP contribution in [0.4, 0.5) is 11.4 Å². The lowest BCUT2D eigenvalue weighted by Gasteiger charge is -2.19. The molecule has 1 heterocycles. The standard InChI is InChI=1S/C15H15BrN2O/c1-19-15-6-12(16)5-14(7-15)18-8-10-2-3-13(17)4-11(10)9-18/h2-7H,8-9,17H2,1H3. The van der Waals surface area contributed by atoms with Crippen LogP contribution in [0.5, 0.6) is 5.75 Å². The van der Waals surface area contributed by atoms with E-state index >= 15 is 0 Å². The van der Waals surface area contributed by atoms with E-state index in [1.807, 2.05) is 12.1 Å². The van der Waals surface area contributed by atoms with Crippen molar-refractivity contribution < 1.29 is 4.74 Å². The quantitative estimate of drug-likeness (QED) is 0.860. The highest BCUT2D eigenvalue weighted by molar-refractivity contribution is 9.10. The first kappa shape index (κ1) is 12.4. The third-order valence-electron chi connectivity index (χ3n) is 3.41. The highest BCUT2D eigenvalue weighted by Gasteiger charge is 2.20. The van der Waals surface area contributed by atoms with Crippen LogP contribution in [0, 0.1) is 0 Å². The van der Waals surface area contributed by atoms with Crippen LogP contribution in [0.25, 0.3) is 0 Å². The van der Waals surface area contributed by atoms with Crippen LogP contribution in [0.1, 0.15) is 11.1 Å². The fraction of sp³-hybridized carbons (Fsp3) is 0.200. The van der Waals surface area contributed by atoms with Gasteiger partial charge in [0.25, 0.3) is 0 Å². The molecule has 0 radical (unpaired) electrons. The molecule has 0 amide bonds. The Labute approximate surface area is 121 Å². The number of rotatable bonds is 2. The molecule has 98 valence electrons. The van der Waals surface area contributed by atoms with E-state index in [0.29, 0.717) is 0 Å². The Hall–Kier alpha value is -1.68. The normalized spacial score (nSPS) is 13.5. The largest absolute Gasteiger partial charge is 0.497 e. The Morgan fingerprint density at radius 1 is 1.11 bits per heavy atom. The number of fused-ring (bicyclic) bond motifs is 1. The van der Waals surface area contributed by atoms with Crippen molar-refractivity contribution in [2.75, 3.05) is 17.7 Å². The number of benzene rings is 2. The maximum Gasteiger partial charge on any atom is 0.122 e. The highest BCUT2D eigenvalue weighted by Crippen LogP contribution is 2.33. The van der Waals surface area contributed by atoms with Crippen LogP contribution < -0.4 is 15.4 Å². The zero-order valence-electron chi connectivity index (χ0n) is 10.7. The third kappa shape index (κ3) is 2.40. The van der Waals surface area contributed by atoms with Crippen LogP contribution in [0.15, 0.2) is 40.9 Å². The lowest BCUT2D eigenvalue weighted by atomic mass is 10.1. The Morgan fingerprint density at radius 3 is 2.68 bits per heavy atom. The SMILES string of the molecule is COc1cc(Br)cc(N2Cc3ccc(N)cc3C2)c1. The van der Waals surface area contributed by atoms with Crippen molar-refractivity contribution in [2.45, 2.75) is 13.1 Å². The lowest BCUT2D eigenvalue weighted by Crippen LogP contribution is -2.14. The van der Waals surface area contributed by atoms with Gasteiger partial charge in [-0.2, -0.15) is 0 Å². The van der Waals surface area contributed by atoms with Gasteiger partial charge in [-0.25, -0.2) is 0 Å². The van der Waals surface area contributed by atoms with Crippen LogP contribution in [0.3, 0.4) is 0 Å². The predicted octanol–water partition coefficient (Wildman–Crippen LogP) is 3.56. The zero-order valence-corrected chi connectivity index (χ0v) is 12.3. The van der Waals surface area contributed by atoms with Gasteiger partial charge in [0.2, 0.25) is 0 Å². The summed E-state index contributed by atoms with van der Waals surface area (Å²) in [4.78, 5) is 2.32. The molecule has 0 bridgehead atoms. The van der Waals surface area contributed by atoms with E-state index in [9.17, 15) is 0 Å². The molecule has 0 saturated carbocycles. The van der Waals surface area contributed by atoms with Crippen molar-refractivity contribution in [3.63, 3.8) is 0 Å². The molecule has 0 unspecified atom stereocenters. The Bertz CT molecular complexity index is 628. The first-order valence-corrected chi connectivity index (χ1v) is 6.92. The number of halogens is 1. The summed E-state index contributed by atoms with van der Waals surface area (Å²) in [6.07, 6.45) is 0. The molecule has 0 atom stereocenters. The minimum Gasteiger partial charge on any atom is -0.497 e. The van der Waals surface area contributed by atoms with Crippen LogP contribution in [-0.2, 0) is 13.1 Å². The lowest BCUT2D eigenvalue weighted by molar-refractivity contribution is 0.414. The van der Waals surface area contributed by atoms with E-state index in [1.165, 1.54) is 11.1 Å². The molecular formula is C15H15BrN2O. The second-order valence-electron chi connectivity index (χ2n) is 4.73. The summed E-state index contributed by atoms with van der Waals surface area (Å²) in [5.41, 5.74) is 10.5. The second kappa shape index (κ2) is 4.78. The number of ether oxygens (including phenoxy) is 1. The Kier molecular flexibility index (Phi) is 3.11. The summed E-state index contributed by atoms with van der Waals surface area (Å²) in [6.45, 7) is 1.80. The van der Waals surface area contributed by atoms with Gasteiger partial charge in [-0.3, -0.25) is 0 Å². The molecule has 4 heteroatoms. The van der Waals surface area contributed by atoms with E-state index in [0.717, 1.165) is 34.7 Å². The van der Waals surface area contributed by atoms with Gasteiger partial charge in [0.15, 0.2) is 0 Å². The fourth-order valence-corrected chi connectivity index (χ4v) is 2.91. The van der Waals surface area contributed by atoms with Crippen molar-refractivity contribution in [2.24, 2.45) is 0 Å². The van der Waals surface area contributed by atoms with Gasteiger partial charge in [-0.1, -0.05) is 22.0 Å². The fourth-order valence-electron chi connectivity index (χ4n) is 2.45. The molecule has 0 aliphatic carbocycles. The molecule has 0 aromatic heterocycles. The van der Waals surface area contributed by atoms with Gasteiger partial charge in [-0.15, -0.1) is 0 Å². The molecule has 0 saturated heterocycles. The van der Waals surface area contributed by atoms with Gasteiger partial charge in [0, 0.05) is 35.0 Å². The summed E-state index contributed by atoms with van der Waals surface area (Å²) in [5.74, 6) is 0.861. The van der Waals surface area contributed by atoms with E-state index in [2.05, 4.69) is 45.1 Å². The predicted molar refractivity (Wildman–Crippen MR) is 81.4 cm³/mol. The number of anilines is 2. The molecule has 2 aromatic rings. The third-order valence-corrected chi connectivity index (χ3v) is 3.87. The molecule has 19 heavy (non-hydrogen) atoms. The second-order valence-corrected chi connectivity index (χ2v) is 5.65. The molecule has 3 nitrogen and oxygen atoms in total. The van der Waals surface area contributed by atoms with Gasteiger partial charge in [-0.05, 0) is 35.4 Å². The number of hydrogen-bond acceptors (Lipinski definition) is 3. The number of hydrogen-bond donors (Lipinski definition) is 1. The van der Waals surface area contributed by atoms with Crippen molar-refractivity contribution in [1.82, 2.24) is 0 Å². The van der Waals surface area contributed by atoms with Crippen LogP contribution in [-0.4, -0.2) is 7.11 Å². The minimum atomic E-state index is 0.826.